The maximum atomic E-state index is 10.9. The van der Waals surface area contributed by atoms with Crippen molar-refractivity contribution in [3.05, 3.63) is 29.0 Å². The van der Waals surface area contributed by atoms with Crippen LogP contribution in [0.1, 0.15) is 18.4 Å². The molecule has 2 rings (SSSR count). The number of aromatic hydroxyl groups is 1. The Hall–Kier alpha value is -1.68. The Balaban J connectivity index is 2.70. The van der Waals surface area contributed by atoms with E-state index >= 15 is 0 Å². The summed E-state index contributed by atoms with van der Waals surface area (Å²) < 4.78 is 5.14. The minimum Gasteiger partial charge on any atom is -0.506 e. The number of rotatable bonds is 2. The highest BCUT2D eigenvalue weighted by atomic mass is 35.5. The lowest BCUT2D eigenvalue weighted by molar-refractivity contribution is -0.138. The first-order valence-electron chi connectivity index (χ1n) is 4.63. The average Bonchev–Trinajstić information content (AvgIpc) is 2.70. The highest BCUT2D eigenvalue weighted by Crippen LogP contribution is 2.39. The Kier molecular flexibility index (Phi) is 2.52. The molecule has 0 amide bonds. The largest absolute Gasteiger partial charge is 0.506 e. The standard InChI is InChI=1S/C11H9ClO4/c1-5(11(14)15)7-4-8-6(2-3-16-8)9(12)10(7)13/h2-5,13H,1H3,(H,14,15). The first-order chi connectivity index (χ1) is 7.52. The monoisotopic (exact) mass is 240 g/mol. The van der Waals surface area contributed by atoms with Gasteiger partial charge in [-0.1, -0.05) is 11.6 Å². The molecule has 5 heteroatoms. The van der Waals surface area contributed by atoms with Gasteiger partial charge in [0.1, 0.15) is 11.3 Å². The number of phenolic OH excluding ortho intramolecular Hbond substituents is 1. The third kappa shape index (κ3) is 1.51. The molecule has 0 spiro atoms. The lowest BCUT2D eigenvalue weighted by Gasteiger charge is -2.10. The van der Waals surface area contributed by atoms with Gasteiger partial charge in [-0.05, 0) is 19.1 Å². The molecule has 4 nitrogen and oxygen atoms in total. The number of fused-ring (bicyclic) bond motifs is 1. The molecule has 0 fully saturated rings. The number of aliphatic carboxylic acids is 1. The second kappa shape index (κ2) is 3.72. The Morgan fingerprint density at radius 3 is 2.88 bits per heavy atom. The van der Waals surface area contributed by atoms with E-state index in [4.69, 9.17) is 21.1 Å². The summed E-state index contributed by atoms with van der Waals surface area (Å²) in [6.07, 6.45) is 1.44. The van der Waals surface area contributed by atoms with E-state index in [9.17, 15) is 9.90 Å². The van der Waals surface area contributed by atoms with Crippen molar-refractivity contribution in [2.24, 2.45) is 0 Å². The van der Waals surface area contributed by atoms with Crippen LogP contribution in [0.3, 0.4) is 0 Å². The number of carboxylic acids is 1. The van der Waals surface area contributed by atoms with E-state index in [-0.39, 0.29) is 16.3 Å². The van der Waals surface area contributed by atoms with E-state index in [1.165, 1.54) is 19.3 Å². The molecule has 1 unspecified atom stereocenters. The molecule has 16 heavy (non-hydrogen) atoms. The highest BCUT2D eigenvalue weighted by molar-refractivity contribution is 6.37. The molecule has 0 radical (unpaired) electrons. The second-order valence-corrected chi connectivity index (χ2v) is 3.90. The van der Waals surface area contributed by atoms with Gasteiger partial charge in [0.05, 0.1) is 17.2 Å². The normalized spacial score (nSPS) is 12.9. The molecule has 2 N–H and O–H groups in total. The average molecular weight is 241 g/mol. The third-order valence-corrected chi connectivity index (χ3v) is 2.92. The summed E-state index contributed by atoms with van der Waals surface area (Å²) in [5.41, 5.74) is 0.714. The SMILES string of the molecule is CC(C(=O)O)c1cc2occc2c(Cl)c1O. The number of hydrogen-bond acceptors (Lipinski definition) is 3. The summed E-state index contributed by atoms with van der Waals surface area (Å²) in [7, 11) is 0. The van der Waals surface area contributed by atoms with Crippen LogP contribution in [0.4, 0.5) is 0 Å². The van der Waals surface area contributed by atoms with Gasteiger partial charge in [0.2, 0.25) is 0 Å². The Morgan fingerprint density at radius 2 is 2.25 bits per heavy atom. The van der Waals surface area contributed by atoms with Crippen molar-refractivity contribution in [3.8, 4) is 5.75 Å². The molecule has 0 aliphatic rings. The topological polar surface area (TPSA) is 70.7 Å². The summed E-state index contributed by atoms with van der Waals surface area (Å²) in [5, 5.41) is 19.4. The van der Waals surface area contributed by atoms with Crippen molar-refractivity contribution >= 4 is 28.5 Å². The molecule has 84 valence electrons. The van der Waals surface area contributed by atoms with Crippen LogP contribution in [0.5, 0.6) is 5.75 Å². The summed E-state index contributed by atoms with van der Waals surface area (Å²) in [4.78, 5) is 10.9. The van der Waals surface area contributed by atoms with Crippen molar-refractivity contribution in [1.29, 1.82) is 0 Å². The smallest absolute Gasteiger partial charge is 0.310 e. The molecule has 0 aliphatic heterocycles. The van der Waals surface area contributed by atoms with E-state index in [1.54, 1.807) is 6.07 Å². The van der Waals surface area contributed by atoms with Crippen molar-refractivity contribution in [1.82, 2.24) is 0 Å². The van der Waals surface area contributed by atoms with Crippen molar-refractivity contribution in [2.45, 2.75) is 12.8 Å². The van der Waals surface area contributed by atoms with Crippen molar-refractivity contribution < 1.29 is 19.4 Å². The van der Waals surface area contributed by atoms with Gasteiger partial charge < -0.3 is 14.6 Å². The van der Waals surface area contributed by atoms with Crippen LogP contribution in [0, 0.1) is 0 Å². The van der Waals surface area contributed by atoms with E-state index < -0.39 is 11.9 Å². The Labute approximate surface area is 96.1 Å². The number of carboxylic acid groups (broad SMARTS) is 1. The zero-order chi connectivity index (χ0) is 11.9. The van der Waals surface area contributed by atoms with E-state index in [0.29, 0.717) is 11.0 Å². The van der Waals surface area contributed by atoms with Crippen LogP contribution in [0.25, 0.3) is 11.0 Å². The fraction of sp³-hybridized carbons (Fsp3) is 0.182. The summed E-state index contributed by atoms with van der Waals surface area (Å²) >= 11 is 5.92. The van der Waals surface area contributed by atoms with Crippen LogP contribution in [-0.4, -0.2) is 16.2 Å². The summed E-state index contributed by atoms with van der Waals surface area (Å²) in [5.74, 6) is -2.07. The zero-order valence-electron chi connectivity index (χ0n) is 8.40. The van der Waals surface area contributed by atoms with Crippen molar-refractivity contribution in [3.63, 3.8) is 0 Å². The summed E-state index contributed by atoms with van der Waals surface area (Å²) in [6.45, 7) is 1.47. The quantitative estimate of drug-likeness (QED) is 0.847. The first kappa shape index (κ1) is 10.8. The number of halogens is 1. The minimum atomic E-state index is -1.03. The van der Waals surface area contributed by atoms with Crippen LogP contribution < -0.4 is 0 Å². The Morgan fingerprint density at radius 1 is 1.56 bits per heavy atom. The van der Waals surface area contributed by atoms with Crippen LogP contribution in [-0.2, 0) is 4.79 Å². The maximum Gasteiger partial charge on any atom is 0.310 e. The first-order valence-corrected chi connectivity index (χ1v) is 5.01. The molecule has 0 saturated carbocycles. The fourth-order valence-corrected chi connectivity index (χ4v) is 1.81. The predicted octanol–water partition coefficient (Wildman–Crippen LogP) is 2.98. The van der Waals surface area contributed by atoms with Gasteiger partial charge in [-0.25, -0.2) is 0 Å². The Bertz CT molecular complexity index is 558. The van der Waals surface area contributed by atoms with Crippen LogP contribution in [0.15, 0.2) is 22.8 Å². The van der Waals surface area contributed by atoms with Crippen LogP contribution in [0.2, 0.25) is 5.02 Å². The molecule has 0 aliphatic carbocycles. The minimum absolute atomic E-state index is 0.120. The fourth-order valence-electron chi connectivity index (χ4n) is 1.54. The number of hydrogen-bond donors (Lipinski definition) is 2. The lowest BCUT2D eigenvalue weighted by Crippen LogP contribution is -2.07. The maximum absolute atomic E-state index is 10.9. The van der Waals surface area contributed by atoms with Gasteiger partial charge in [0, 0.05) is 10.9 Å². The van der Waals surface area contributed by atoms with Crippen LogP contribution >= 0.6 is 11.6 Å². The molecule has 2 aromatic rings. The van der Waals surface area contributed by atoms with Gasteiger partial charge in [-0.2, -0.15) is 0 Å². The molecular weight excluding hydrogens is 232 g/mol. The number of furan rings is 1. The lowest BCUT2D eigenvalue weighted by atomic mass is 9.99. The van der Waals surface area contributed by atoms with Gasteiger partial charge >= 0.3 is 5.97 Å². The predicted molar refractivity (Wildman–Crippen MR) is 58.9 cm³/mol. The molecule has 0 bridgehead atoms. The van der Waals surface area contributed by atoms with Gasteiger partial charge in [-0.15, -0.1) is 0 Å². The molecule has 1 heterocycles. The van der Waals surface area contributed by atoms with Crippen molar-refractivity contribution in [2.75, 3.05) is 0 Å². The number of carbonyl (C=O) groups is 1. The van der Waals surface area contributed by atoms with E-state index in [2.05, 4.69) is 0 Å². The highest BCUT2D eigenvalue weighted by Gasteiger charge is 2.21. The number of phenols is 1. The molecule has 0 saturated heterocycles. The third-order valence-electron chi connectivity index (χ3n) is 2.54. The number of benzene rings is 1. The zero-order valence-corrected chi connectivity index (χ0v) is 9.15. The molecule has 1 aromatic carbocycles. The molecular formula is C11H9ClO4. The van der Waals surface area contributed by atoms with E-state index in [0.717, 1.165) is 0 Å². The molecule has 1 aromatic heterocycles. The van der Waals surface area contributed by atoms with Gasteiger partial charge in [0.15, 0.2) is 0 Å². The van der Waals surface area contributed by atoms with E-state index in [1.807, 2.05) is 0 Å². The molecule has 1 atom stereocenters. The summed E-state index contributed by atoms with van der Waals surface area (Å²) in [6, 6.07) is 3.11. The van der Waals surface area contributed by atoms with Gasteiger partial charge in [-0.3, -0.25) is 4.79 Å². The van der Waals surface area contributed by atoms with Gasteiger partial charge in [0.25, 0.3) is 0 Å². The second-order valence-electron chi connectivity index (χ2n) is 3.52.